The molecule has 9 heteroatoms. The van der Waals surface area contributed by atoms with Gasteiger partial charge in [0, 0.05) is 25.3 Å². The van der Waals surface area contributed by atoms with E-state index in [9.17, 15) is 13.2 Å². The van der Waals surface area contributed by atoms with Crippen molar-refractivity contribution in [3.05, 3.63) is 52.8 Å². The number of sulfonamides is 1. The highest BCUT2D eigenvalue weighted by atomic mass is 32.2. The standard InChI is InChI=1S/C22H26N4O4S/c1-14(2)19-12-18(20-15(3)25-30-22(20)24-19)21(27)23-13-16-6-8-17(9-7-16)31(28,29)26-10-4-5-11-26/h6-9,12,14H,4-5,10-11,13H2,1-3H3,(H,23,27). The summed E-state index contributed by atoms with van der Waals surface area (Å²) in [6.07, 6.45) is 1.80. The number of benzene rings is 1. The highest BCUT2D eigenvalue weighted by Crippen LogP contribution is 2.25. The average Bonchev–Trinajstić information content (AvgIpc) is 3.42. The lowest BCUT2D eigenvalue weighted by molar-refractivity contribution is 0.0952. The van der Waals surface area contributed by atoms with Crippen LogP contribution < -0.4 is 5.32 Å². The molecule has 2 aromatic heterocycles. The number of carbonyl (C=O) groups is 1. The number of aryl methyl sites for hydroxylation is 1. The van der Waals surface area contributed by atoms with E-state index in [-0.39, 0.29) is 23.3 Å². The number of nitrogens with zero attached hydrogens (tertiary/aromatic N) is 3. The molecule has 0 radical (unpaired) electrons. The first-order valence-electron chi connectivity index (χ1n) is 10.4. The van der Waals surface area contributed by atoms with Gasteiger partial charge in [-0.2, -0.15) is 4.31 Å². The zero-order valence-electron chi connectivity index (χ0n) is 17.9. The third kappa shape index (κ3) is 4.20. The number of amides is 1. The van der Waals surface area contributed by atoms with Crippen molar-refractivity contribution in [2.45, 2.75) is 51.0 Å². The van der Waals surface area contributed by atoms with Crippen LogP contribution in [0.25, 0.3) is 11.1 Å². The van der Waals surface area contributed by atoms with E-state index in [1.165, 1.54) is 4.31 Å². The zero-order chi connectivity index (χ0) is 22.2. The smallest absolute Gasteiger partial charge is 0.259 e. The minimum atomic E-state index is -3.44. The maximum absolute atomic E-state index is 12.9. The third-order valence-corrected chi connectivity index (χ3v) is 7.47. The van der Waals surface area contributed by atoms with Gasteiger partial charge in [-0.25, -0.2) is 13.4 Å². The summed E-state index contributed by atoms with van der Waals surface area (Å²) in [5, 5.41) is 7.46. The topological polar surface area (TPSA) is 105 Å². The summed E-state index contributed by atoms with van der Waals surface area (Å²) in [5.74, 6) is -0.124. The van der Waals surface area contributed by atoms with Crippen molar-refractivity contribution >= 4 is 27.0 Å². The Bertz CT molecular complexity index is 1210. The summed E-state index contributed by atoms with van der Waals surface area (Å²) in [7, 11) is -3.44. The second-order valence-corrected chi connectivity index (χ2v) is 10.1. The molecular formula is C22H26N4O4S. The fourth-order valence-electron chi connectivity index (χ4n) is 3.72. The molecule has 3 aromatic rings. The molecule has 1 N–H and O–H groups in total. The van der Waals surface area contributed by atoms with E-state index in [4.69, 9.17) is 4.52 Å². The van der Waals surface area contributed by atoms with Crippen LogP contribution in [0.5, 0.6) is 0 Å². The number of fused-ring (bicyclic) bond motifs is 1. The number of pyridine rings is 1. The quantitative estimate of drug-likeness (QED) is 0.627. The van der Waals surface area contributed by atoms with Gasteiger partial charge in [0.2, 0.25) is 10.0 Å². The van der Waals surface area contributed by atoms with Crippen LogP contribution in [-0.2, 0) is 16.6 Å². The van der Waals surface area contributed by atoms with Crippen LogP contribution >= 0.6 is 0 Å². The second-order valence-electron chi connectivity index (χ2n) is 8.14. The molecule has 0 saturated carbocycles. The Morgan fingerprint density at radius 3 is 2.52 bits per heavy atom. The van der Waals surface area contributed by atoms with Gasteiger partial charge < -0.3 is 9.84 Å². The average molecular weight is 443 g/mol. The largest absolute Gasteiger partial charge is 0.348 e. The van der Waals surface area contributed by atoms with Gasteiger partial charge in [0.15, 0.2) is 0 Å². The lowest BCUT2D eigenvalue weighted by Crippen LogP contribution is -2.28. The third-order valence-electron chi connectivity index (χ3n) is 5.55. The van der Waals surface area contributed by atoms with Crippen LogP contribution in [0, 0.1) is 6.92 Å². The van der Waals surface area contributed by atoms with Gasteiger partial charge in [-0.15, -0.1) is 0 Å². The summed E-state index contributed by atoms with van der Waals surface area (Å²) in [6.45, 7) is 7.18. The van der Waals surface area contributed by atoms with Crippen molar-refractivity contribution in [2.75, 3.05) is 13.1 Å². The van der Waals surface area contributed by atoms with E-state index >= 15 is 0 Å². The van der Waals surface area contributed by atoms with Crippen molar-refractivity contribution < 1.29 is 17.7 Å². The van der Waals surface area contributed by atoms with E-state index in [0.717, 1.165) is 24.1 Å². The number of hydrogen-bond donors (Lipinski definition) is 1. The Balaban J connectivity index is 1.51. The van der Waals surface area contributed by atoms with Crippen LogP contribution in [0.3, 0.4) is 0 Å². The van der Waals surface area contributed by atoms with Crippen molar-refractivity contribution in [1.29, 1.82) is 0 Å². The number of carbonyl (C=O) groups excluding carboxylic acids is 1. The molecular weight excluding hydrogens is 416 g/mol. The molecule has 1 aliphatic rings. The lowest BCUT2D eigenvalue weighted by atomic mass is 10.0. The van der Waals surface area contributed by atoms with Gasteiger partial charge in [-0.1, -0.05) is 31.1 Å². The molecule has 0 aliphatic carbocycles. The zero-order valence-corrected chi connectivity index (χ0v) is 18.7. The van der Waals surface area contributed by atoms with Crippen LogP contribution in [0.2, 0.25) is 0 Å². The van der Waals surface area contributed by atoms with E-state index in [1.54, 1.807) is 37.3 Å². The maximum atomic E-state index is 12.9. The maximum Gasteiger partial charge on any atom is 0.259 e. The van der Waals surface area contributed by atoms with E-state index in [0.29, 0.717) is 35.4 Å². The number of aromatic nitrogens is 2. The number of nitrogens with one attached hydrogen (secondary N) is 1. The summed E-state index contributed by atoms with van der Waals surface area (Å²) >= 11 is 0. The van der Waals surface area contributed by atoms with E-state index < -0.39 is 10.0 Å². The first-order valence-corrected chi connectivity index (χ1v) is 11.9. The fourth-order valence-corrected chi connectivity index (χ4v) is 5.24. The van der Waals surface area contributed by atoms with Gasteiger partial charge >= 0.3 is 0 Å². The molecule has 0 spiro atoms. The minimum absolute atomic E-state index is 0.131. The van der Waals surface area contributed by atoms with Crippen molar-refractivity contribution in [2.24, 2.45) is 0 Å². The normalized spacial score (nSPS) is 15.1. The Kier molecular flexibility index (Phi) is 5.81. The predicted octanol–water partition coefficient (Wildman–Crippen LogP) is 3.37. The summed E-state index contributed by atoms with van der Waals surface area (Å²) in [4.78, 5) is 17.7. The molecule has 0 atom stereocenters. The van der Waals surface area contributed by atoms with Gasteiger partial charge in [0.1, 0.15) is 0 Å². The van der Waals surface area contributed by atoms with Crippen LogP contribution in [0.15, 0.2) is 39.8 Å². The van der Waals surface area contributed by atoms with Gasteiger partial charge in [-0.05, 0) is 49.4 Å². The van der Waals surface area contributed by atoms with Crippen LogP contribution in [-0.4, -0.2) is 41.9 Å². The van der Waals surface area contributed by atoms with Crippen molar-refractivity contribution in [3.8, 4) is 0 Å². The predicted molar refractivity (Wildman–Crippen MR) is 116 cm³/mol. The Morgan fingerprint density at radius 2 is 1.87 bits per heavy atom. The summed E-state index contributed by atoms with van der Waals surface area (Å²) in [5.41, 5.74) is 3.00. The molecule has 8 nitrogen and oxygen atoms in total. The van der Waals surface area contributed by atoms with Crippen molar-refractivity contribution in [3.63, 3.8) is 0 Å². The molecule has 1 fully saturated rings. The highest BCUT2D eigenvalue weighted by Gasteiger charge is 2.27. The number of rotatable bonds is 6. The molecule has 0 bridgehead atoms. The molecule has 31 heavy (non-hydrogen) atoms. The molecule has 3 heterocycles. The first kappa shape index (κ1) is 21.5. The lowest BCUT2D eigenvalue weighted by Gasteiger charge is -2.15. The highest BCUT2D eigenvalue weighted by molar-refractivity contribution is 7.89. The molecule has 1 saturated heterocycles. The van der Waals surface area contributed by atoms with Crippen LogP contribution in [0.1, 0.15) is 59.9 Å². The minimum Gasteiger partial charge on any atom is -0.348 e. The monoisotopic (exact) mass is 442 g/mol. The molecule has 1 aromatic carbocycles. The molecule has 0 unspecified atom stereocenters. The molecule has 1 amide bonds. The van der Waals surface area contributed by atoms with Gasteiger partial charge in [-0.3, -0.25) is 4.79 Å². The first-order chi connectivity index (χ1) is 14.8. The van der Waals surface area contributed by atoms with Crippen molar-refractivity contribution in [1.82, 2.24) is 19.8 Å². The van der Waals surface area contributed by atoms with Gasteiger partial charge in [0.05, 0.1) is 21.5 Å². The van der Waals surface area contributed by atoms with Gasteiger partial charge in [0.25, 0.3) is 11.6 Å². The Hall–Kier alpha value is -2.78. The molecule has 4 rings (SSSR count). The molecule has 164 valence electrons. The van der Waals surface area contributed by atoms with E-state index in [1.807, 2.05) is 13.8 Å². The SMILES string of the molecule is Cc1noc2nc(C(C)C)cc(C(=O)NCc3ccc(S(=O)(=O)N4CCCC4)cc3)c12. The number of hydrogen-bond acceptors (Lipinski definition) is 6. The molecule has 1 aliphatic heterocycles. The fraction of sp³-hybridized carbons (Fsp3) is 0.409. The van der Waals surface area contributed by atoms with E-state index in [2.05, 4.69) is 15.5 Å². The van der Waals surface area contributed by atoms with Crippen LogP contribution in [0.4, 0.5) is 0 Å². The second kappa shape index (κ2) is 8.39. The Labute approximate surface area is 181 Å². The summed E-state index contributed by atoms with van der Waals surface area (Å²) < 4.78 is 32.1. The Morgan fingerprint density at radius 1 is 1.19 bits per heavy atom. The summed E-state index contributed by atoms with van der Waals surface area (Å²) in [6, 6.07) is 8.44.